The minimum absolute atomic E-state index is 0.113. The normalized spacial score (nSPS) is 12.1. The lowest BCUT2D eigenvalue weighted by molar-refractivity contribution is -0.133. The first kappa shape index (κ1) is 18.1. The Morgan fingerprint density at radius 2 is 1.96 bits per heavy atom. The van der Waals surface area contributed by atoms with Crippen LogP contribution in [0.3, 0.4) is 0 Å². The summed E-state index contributed by atoms with van der Waals surface area (Å²) < 4.78 is 10.9. The molecule has 3 aromatic rings. The molecular weight excluding hydrogens is 326 g/mol. The Morgan fingerprint density at radius 3 is 2.65 bits per heavy atom. The predicted octanol–water partition coefficient (Wildman–Crippen LogP) is 4.81. The van der Waals surface area contributed by atoms with Gasteiger partial charge in [0.25, 0.3) is 0 Å². The van der Waals surface area contributed by atoms with Crippen molar-refractivity contribution in [3.63, 3.8) is 0 Å². The zero-order valence-electron chi connectivity index (χ0n) is 15.6. The van der Waals surface area contributed by atoms with Crippen LogP contribution >= 0.6 is 0 Å². The largest absolute Gasteiger partial charge is 0.497 e. The van der Waals surface area contributed by atoms with E-state index < -0.39 is 0 Å². The van der Waals surface area contributed by atoms with Crippen LogP contribution in [0.5, 0.6) is 5.75 Å². The lowest BCUT2D eigenvalue weighted by atomic mass is 10.1. The lowest BCUT2D eigenvalue weighted by Gasteiger charge is -2.29. The van der Waals surface area contributed by atoms with Gasteiger partial charge in [0, 0.05) is 29.6 Å². The van der Waals surface area contributed by atoms with Crippen LogP contribution in [-0.2, 0) is 17.8 Å². The summed E-state index contributed by atoms with van der Waals surface area (Å²) in [5.74, 6) is 0.858. The molecule has 0 aliphatic carbocycles. The number of amides is 1. The Bertz CT molecular complexity index is 869. The van der Waals surface area contributed by atoms with Gasteiger partial charge >= 0.3 is 0 Å². The number of furan rings is 1. The third-order valence-electron chi connectivity index (χ3n) is 4.84. The van der Waals surface area contributed by atoms with Gasteiger partial charge in [0.2, 0.25) is 5.91 Å². The molecule has 4 heteroatoms. The molecular formula is C22H25NO3. The molecule has 136 valence electrons. The molecule has 0 saturated heterocycles. The second-order valence-electron chi connectivity index (χ2n) is 6.56. The van der Waals surface area contributed by atoms with Gasteiger partial charge in [-0.1, -0.05) is 37.3 Å². The van der Waals surface area contributed by atoms with Crippen molar-refractivity contribution in [1.82, 2.24) is 4.90 Å². The highest BCUT2D eigenvalue weighted by atomic mass is 16.5. The molecule has 0 saturated carbocycles. The molecule has 0 aliphatic heterocycles. The van der Waals surface area contributed by atoms with Crippen LogP contribution < -0.4 is 4.74 Å². The SMILES string of the molecule is CCC(C)N(Cc1ccccc1)C(=O)Cc1coc2cc(OC)ccc12. The van der Waals surface area contributed by atoms with Gasteiger partial charge < -0.3 is 14.1 Å². The number of ether oxygens (including phenoxy) is 1. The molecule has 0 radical (unpaired) electrons. The number of benzene rings is 2. The average molecular weight is 351 g/mol. The van der Waals surface area contributed by atoms with E-state index in [1.807, 2.05) is 41.3 Å². The quantitative estimate of drug-likeness (QED) is 0.613. The van der Waals surface area contributed by atoms with Gasteiger partial charge in [-0.2, -0.15) is 0 Å². The molecule has 1 heterocycles. The average Bonchev–Trinajstić information content (AvgIpc) is 3.08. The van der Waals surface area contributed by atoms with Crippen LogP contribution in [0.15, 0.2) is 59.2 Å². The summed E-state index contributed by atoms with van der Waals surface area (Å²) in [7, 11) is 1.63. The molecule has 3 rings (SSSR count). The van der Waals surface area contributed by atoms with E-state index in [0.717, 1.165) is 34.3 Å². The first-order chi connectivity index (χ1) is 12.6. The molecule has 0 aliphatic rings. The number of nitrogens with zero attached hydrogens (tertiary/aromatic N) is 1. The Balaban J connectivity index is 1.81. The predicted molar refractivity (Wildman–Crippen MR) is 103 cm³/mol. The van der Waals surface area contributed by atoms with E-state index in [2.05, 4.69) is 26.0 Å². The van der Waals surface area contributed by atoms with Crippen LogP contribution in [0.25, 0.3) is 11.0 Å². The summed E-state index contributed by atoms with van der Waals surface area (Å²) in [6.07, 6.45) is 2.93. The van der Waals surface area contributed by atoms with Crippen molar-refractivity contribution in [3.8, 4) is 5.75 Å². The molecule has 4 nitrogen and oxygen atoms in total. The van der Waals surface area contributed by atoms with Crippen molar-refractivity contribution in [2.24, 2.45) is 0 Å². The van der Waals surface area contributed by atoms with E-state index in [4.69, 9.17) is 9.15 Å². The number of fused-ring (bicyclic) bond motifs is 1. The molecule has 1 amide bonds. The van der Waals surface area contributed by atoms with Crippen molar-refractivity contribution in [1.29, 1.82) is 0 Å². The van der Waals surface area contributed by atoms with E-state index >= 15 is 0 Å². The summed E-state index contributed by atoms with van der Waals surface area (Å²) in [4.78, 5) is 15.0. The number of methoxy groups -OCH3 is 1. The Hall–Kier alpha value is -2.75. The third-order valence-corrected chi connectivity index (χ3v) is 4.84. The monoisotopic (exact) mass is 351 g/mol. The first-order valence-corrected chi connectivity index (χ1v) is 9.00. The van der Waals surface area contributed by atoms with Gasteiger partial charge in [-0.15, -0.1) is 0 Å². The highest BCUT2D eigenvalue weighted by Crippen LogP contribution is 2.26. The fourth-order valence-electron chi connectivity index (χ4n) is 3.08. The minimum Gasteiger partial charge on any atom is -0.497 e. The van der Waals surface area contributed by atoms with E-state index in [-0.39, 0.29) is 11.9 Å². The van der Waals surface area contributed by atoms with Gasteiger partial charge in [-0.25, -0.2) is 0 Å². The van der Waals surface area contributed by atoms with Crippen molar-refractivity contribution in [3.05, 3.63) is 65.9 Å². The molecule has 1 atom stereocenters. The van der Waals surface area contributed by atoms with Crippen LogP contribution in [0.4, 0.5) is 0 Å². The van der Waals surface area contributed by atoms with Gasteiger partial charge in [-0.3, -0.25) is 4.79 Å². The van der Waals surface area contributed by atoms with E-state index in [9.17, 15) is 4.79 Å². The number of hydrogen-bond acceptors (Lipinski definition) is 3. The summed E-state index contributed by atoms with van der Waals surface area (Å²) in [5, 5.41) is 0.961. The first-order valence-electron chi connectivity index (χ1n) is 9.00. The molecule has 1 aromatic heterocycles. The van der Waals surface area contributed by atoms with Gasteiger partial charge in [0.15, 0.2) is 0 Å². The standard InChI is InChI=1S/C22H25NO3/c1-4-16(2)23(14-17-8-6-5-7-9-17)22(24)12-18-15-26-21-13-19(25-3)10-11-20(18)21/h5-11,13,15-16H,4,12,14H2,1-3H3. The number of carbonyl (C=O) groups excluding carboxylic acids is 1. The van der Waals surface area contributed by atoms with E-state index in [0.29, 0.717) is 13.0 Å². The second-order valence-corrected chi connectivity index (χ2v) is 6.56. The minimum atomic E-state index is 0.113. The van der Waals surface area contributed by atoms with Gasteiger partial charge in [0.05, 0.1) is 19.8 Å². The molecule has 1 unspecified atom stereocenters. The zero-order valence-corrected chi connectivity index (χ0v) is 15.6. The van der Waals surface area contributed by atoms with Gasteiger partial charge in [-0.05, 0) is 31.0 Å². The highest BCUT2D eigenvalue weighted by molar-refractivity contribution is 5.88. The third kappa shape index (κ3) is 3.90. The highest BCUT2D eigenvalue weighted by Gasteiger charge is 2.21. The number of carbonyl (C=O) groups is 1. The molecule has 0 fully saturated rings. The van der Waals surface area contributed by atoms with Gasteiger partial charge in [0.1, 0.15) is 11.3 Å². The summed E-state index contributed by atoms with van der Waals surface area (Å²) in [5.41, 5.74) is 2.79. The fourth-order valence-corrected chi connectivity index (χ4v) is 3.08. The van der Waals surface area contributed by atoms with Crippen LogP contribution in [-0.4, -0.2) is 24.0 Å². The summed E-state index contributed by atoms with van der Waals surface area (Å²) in [6, 6.07) is 16.0. The maximum Gasteiger partial charge on any atom is 0.227 e. The fraction of sp³-hybridized carbons (Fsp3) is 0.318. The lowest BCUT2D eigenvalue weighted by Crippen LogP contribution is -2.38. The van der Waals surface area contributed by atoms with Crippen LogP contribution in [0.2, 0.25) is 0 Å². The second kappa shape index (κ2) is 8.09. The maximum atomic E-state index is 13.0. The number of rotatable bonds is 7. The Kier molecular flexibility index (Phi) is 5.61. The molecule has 2 aromatic carbocycles. The topological polar surface area (TPSA) is 42.7 Å². The Labute approximate surface area is 154 Å². The van der Waals surface area contributed by atoms with Crippen LogP contribution in [0, 0.1) is 0 Å². The smallest absolute Gasteiger partial charge is 0.227 e. The zero-order chi connectivity index (χ0) is 18.5. The Morgan fingerprint density at radius 1 is 1.19 bits per heavy atom. The maximum absolute atomic E-state index is 13.0. The van der Waals surface area contributed by atoms with Crippen molar-refractivity contribution < 1.29 is 13.9 Å². The summed E-state index contributed by atoms with van der Waals surface area (Å²) in [6.45, 7) is 4.83. The molecule has 0 N–H and O–H groups in total. The van der Waals surface area contributed by atoms with Crippen molar-refractivity contribution in [2.75, 3.05) is 7.11 Å². The van der Waals surface area contributed by atoms with Crippen molar-refractivity contribution in [2.45, 2.75) is 39.3 Å². The number of hydrogen-bond donors (Lipinski definition) is 0. The molecule has 26 heavy (non-hydrogen) atoms. The van der Waals surface area contributed by atoms with Crippen molar-refractivity contribution >= 4 is 16.9 Å². The summed E-state index contributed by atoms with van der Waals surface area (Å²) >= 11 is 0. The van der Waals surface area contributed by atoms with E-state index in [1.165, 1.54) is 0 Å². The van der Waals surface area contributed by atoms with E-state index in [1.54, 1.807) is 13.4 Å². The van der Waals surface area contributed by atoms with Crippen LogP contribution in [0.1, 0.15) is 31.4 Å². The molecule has 0 spiro atoms. The molecule has 0 bridgehead atoms.